The normalized spacial score (nSPS) is 11.1. The maximum absolute atomic E-state index is 5.29. The largest absolute Gasteiger partial charge is 0.360 e. The Bertz CT molecular complexity index is 464. The highest BCUT2D eigenvalue weighted by Crippen LogP contribution is 2.08. The van der Waals surface area contributed by atoms with Gasteiger partial charge in [0.05, 0.1) is 12.2 Å². The Morgan fingerprint density at radius 1 is 1.22 bits per heavy atom. The molecule has 0 unspecified atom stereocenters. The van der Waals surface area contributed by atoms with E-state index in [-0.39, 0.29) is 0 Å². The Morgan fingerprint density at radius 2 is 2.00 bits per heavy atom. The van der Waals surface area contributed by atoms with Gasteiger partial charge in [-0.15, -0.1) is 0 Å². The Kier molecular flexibility index (Phi) is 4.53. The van der Waals surface area contributed by atoms with E-state index in [0.29, 0.717) is 0 Å². The van der Waals surface area contributed by atoms with Crippen LogP contribution in [0.25, 0.3) is 0 Å². The first-order valence-corrected chi connectivity index (χ1v) is 6.45. The van der Waals surface area contributed by atoms with Gasteiger partial charge in [0, 0.05) is 12.6 Å². The van der Waals surface area contributed by atoms with Crippen LogP contribution in [0.2, 0.25) is 0 Å². The van der Waals surface area contributed by atoms with Crippen molar-refractivity contribution in [1.29, 1.82) is 0 Å². The maximum Gasteiger partial charge on any atom is 0.150 e. The molecule has 0 radical (unpaired) electrons. The minimum Gasteiger partial charge on any atom is -0.360 e. The van der Waals surface area contributed by atoms with Crippen molar-refractivity contribution in [3.8, 4) is 0 Å². The molecule has 2 rings (SSSR count). The molecule has 1 heterocycles. The average Bonchev–Trinajstić information content (AvgIpc) is 2.85. The predicted molar refractivity (Wildman–Crippen MR) is 72.4 cm³/mol. The second-order valence-electron chi connectivity index (χ2n) is 4.61. The van der Waals surface area contributed by atoms with Crippen LogP contribution >= 0.6 is 0 Å². The number of aryl methyl sites for hydroxylation is 1. The minimum absolute atomic E-state index is 0.819. The molecule has 96 valence electrons. The van der Waals surface area contributed by atoms with Crippen molar-refractivity contribution >= 4 is 0 Å². The second-order valence-corrected chi connectivity index (χ2v) is 4.61. The van der Waals surface area contributed by atoms with Gasteiger partial charge in [0.25, 0.3) is 0 Å². The van der Waals surface area contributed by atoms with Crippen LogP contribution in [-0.2, 0) is 19.4 Å². The van der Waals surface area contributed by atoms with E-state index in [0.717, 1.165) is 37.4 Å². The van der Waals surface area contributed by atoms with Gasteiger partial charge in [0.2, 0.25) is 0 Å². The lowest BCUT2D eigenvalue weighted by molar-refractivity contribution is 0.274. The predicted octanol–water partition coefficient (Wildman–Crippen LogP) is 2.91. The molecule has 0 aliphatic carbocycles. The van der Waals surface area contributed by atoms with Crippen molar-refractivity contribution in [3.05, 3.63) is 53.4 Å². The Morgan fingerprint density at radius 3 is 2.67 bits per heavy atom. The summed E-state index contributed by atoms with van der Waals surface area (Å²) in [6, 6.07) is 12.6. The maximum atomic E-state index is 5.29. The molecule has 3 nitrogen and oxygen atoms in total. The molecule has 0 saturated carbocycles. The highest BCUT2D eigenvalue weighted by molar-refractivity contribution is 5.14. The monoisotopic (exact) mass is 244 g/mol. The molecule has 0 N–H and O–H groups in total. The van der Waals surface area contributed by atoms with E-state index in [4.69, 9.17) is 4.52 Å². The third-order valence-corrected chi connectivity index (χ3v) is 3.02. The van der Waals surface area contributed by atoms with Crippen LogP contribution in [-0.4, -0.2) is 23.6 Å². The average molecular weight is 244 g/mol. The van der Waals surface area contributed by atoms with E-state index >= 15 is 0 Å². The molecule has 0 fully saturated rings. The molecule has 1 aromatic heterocycles. The Hall–Kier alpha value is -1.61. The highest BCUT2D eigenvalue weighted by atomic mass is 16.5. The van der Waals surface area contributed by atoms with E-state index in [9.17, 15) is 0 Å². The van der Waals surface area contributed by atoms with Gasteiger partial charge in [-0.3, -0.25) is 4.90 Å². The van der Waals surface area contributed by atoms with Crippen molar-refractivity contribution in [2.75, 3.05) is 13.6 Å². The van der Waals surface area contributed by atoms with Crippen LogP contribution in [0.4, 0.5) is 0 Å². The van der Waals surface area contributed by atoms with Crippen LogP contribution in [0.5, 0.6) is 0 Å². The zero-order valence-corrected chi connectivity index (χ0v) is 11.1. The van der Waals surface area contributed by atoms with Gasteiger partial charge in [-0.05, 0) is 25.5 Å². The van der Waals surface area contributed by atoms with Gasteiger partial charge >= 0.3 is 0 Å². The van der Waals surface area contributed by atoms with E-state index < -0.39 is 0 Å². The molecular weight excluding hydrogens is 224 g/mol. The quantitative estimate of drug-likeness (QED) is 0.782. The minimum atomic E-state index is 0.819. The van der Waals surface area contributed by atoms with Crippen molar-refractivity contribution < 1.29 is 4.52 Å². The smallest absolute Gasteiger partial charge is 0.150 e. The first-order chi connectivity index (χ1) is 8.78. The van der Waals surface area contributed by atoms with Gasteiger partial charge in [-0.25, -0.2) is 0 Å². The summed E-state index contributed by atoms with van der Waals surface area (Å²) >= 11 is 0. The third-order valence-electron chi connectivity index (χ3n) is 3.02. The summed E-state index contributed by atoms with van der Waals surface area (Å²) in [5.41, 5.74) is 2.40. The molecule has 0 aliphatic rings. The molecule has 2 aromatic rings. The van der Waals surface area contributed by atoms with Crippen LogP contribution < -0.4 is 0 Å². The van der Waals surface area contributed by atoms with Gasteiger partial charge < -0.3 is 4.52 Å². The highest BCUT2D eigenvalue weighted by Gasteiger charge is 2.06. The first kappa shape index (κ1) is 12.8. The fraction of sp³-hybridized carbons (Fsp3) is 0.400. The number of rotatable bonds is 6. The summed E-state index contributed by atoms with van der Waals surface area (Å²) in [7, 11) is 2.11. The third kappa shape index (κ3) is 3.70. The molecule has 3 heteroatoms. The Labute approximate surface area is 108 Å². The molecule has 1 aromatic carbocycles. The zero-order chi connectivity index (χ0) is 12.8. The van der Waals surface area contributed by atoms with E-state index in [1.54, 1.807) is 0 Å². The number of likely N-dealkylation sites (N-methyl/N-ethyl adjacent to an activating group) is 1. The van der Waals surface area contributed by atoms with E-state index in [1.807, 2.05) is 12.1 Å². The number of benzene rings is 1. The SMILES string of the molecule is CCc1cc(CN(C)CCc2ccccc2)on1. The molecule has 18 heavy (non-hydrogen) atoms. The van der Waals surface area contributed by atoms with Crippen LogP contribution in [0.15, 0.2) is 40.9 Å². The molecule has 0 bridgehead atoms. The summed E-state index contributed by atoms with van der Waals surface area (Å²) < 4.78 is 5.29. The second kappa shape index (κ2) is 6.36. The summed E-state index contributed by atoms with van der Waals surface area (Å²) in [4.78, 5) is 2.26. The standard InChI is InChI=1S/C15H20N2O/c1-3-14-11-15(18-16-14)12-17(2)10-9-13-7-5-4-6-8-13/h4-8,11H,3,9-10,12H2,1-2H3. The van der Waals surface area contributed by atoms with Crippen LogP contribution in [0, 0.1) is 0 Å². The fourth-order valence-corrected chi connectivity index (χ4v) is 1.91. The van der Waals surface area contributed by atoms with Crippen LogP contribution in [0.3, 0.4) is 0 Å². The van der Waals surface area contributed by atoms with Crippen LogP contribution in [0.1, 0.15) is 23.9 Å². The van der Waals surface area contributed by atoms with E-state index in [1.165, 1.54) is 5.56 Å². The lowest BCUT2D eigenvalue weighted by atomic mass is 10.1. The number of hydrogen-bond acceptors (Lipinski definition) is 3. The van der Waals surface area contributed by atoms with Crippen molar-refractivity contribution in [3.63, 3.8) is 0 Å². The van der Waals surface area contributed by atoms with E-state index in [2.05, 4.69) is 48.3 Å². The summed E-state index contributed by atoms with van der Waals surface area (Å²) in [6.45, 7) is 3.92. The van der Waals surface area contributed by atoms with Gasteiger partial charge in [0.15, 0.2) is 5.76 Å². The lowest BCUT2D eigenvalue weighted by Crippen LogP contribution is -2.20. The number of nitrogens with zero attached hydrogens (tertiary/aromatic N) is 2. The summed E-state index contributed by atoms with van der Waals surface area (Å²) in [5.74, 6) is 0.947. The van der Waals surface area contributed by atoms with Crippen molar-refractivity contribution in [2.24, 2.45) is 0 Å². The number of hydrogen-bond donors (Lipinski definition) is 0. The van der Waals surface area contributed by atoms with Gasteiger partial charge in [-0.1, -0.05) is 42.4 Å². The van der Waals surface area contributed by atoms with Gasteiger partial charge in [-0.2, -0.15) is 0 Å². The molecule has 0 aliphatic heterocycles. The molecule has 0 atom stereocenters. The lowest BCUT2D eigenvalue weighted by Gasteiger charge is -2.14. The van der Waals surface area contributed by atoms with Crippen molar-refractivity contribution in [1.82, 2.24) is 10.1 Å². The molecule has 0 saturated heterocycles. The first-order valence-electron chi connectivity index (χ1n) is 6.45. The molecule has 0 amide bonds. The van der Waals surface area contributed by atoms with Crippen molar-refractivity contribution in [2.45, 2.75) is 26.3 Å². The topological polar surface area (TPSA) is 29.3 Å². The number of aromatic nitrogens is 1. The summed E-state index contributed by atoms with van der Waals surface area (Å²) in [6.07, 6.45) is 1.99. The Balaban J connectivity index is 1.80. The fourth-order valence-electron chi connectivity index (χ4n) is 1.91. The van der Waals surface area contributed by atoms with Gasteiger partial charge in [0.1, 0.15) is 0 Å². The summed E-state index contributed by atoms with van der Waals surface area (Å²) in [5, 5.41) is 4.00. The zero-order valence-electron chi connectivity index (χ0n) is 11.1. The molecular formula is C15H20N2O. The molecule has 0 spiro atoms.